The Morgan fingerprint density at radius 2 is 1.79 bits per heavy atom. The van der Waals surface area contributed by atoms with Crippen LogP contribution in [0.4, 0.5) is 15.8 Å². The SMILES string of the molecule is O=C(Nc1ccc(Br)cc1F)[C@H]1CC(=O)N(c2ccc(Br)cc2)C1. The van der Waals surface area contributed by atoms with E-state index in [-0.39, 0.29) is 30.5 Å². The number of hydrogen-bond donors (Lipinski definition) is 1. The number of hydrogen-bond acceptors (Lipinski definition) is 2. The highest BCUT2D eigenvalue weighted by molar-refractivity contribution is 9.10. The van der Waals surface area contributed by atoms with E-state index in [1.807, 2.05) is 24.3 Å². The first kappa shape index (κ1) is 17.1. The zero-order chi connectivity index (χ0) is 17.3. The Labute approximate surface area is 155 Å². The molecule has 4 nitrogen and oxygen atoms in total. The molecule has 2 aromatic carbocycles. The molecule has 1 saturated heterocycles. The second kappa shape index (κ2) is 7.03. The summed E-state index contributed by atoms with van der Waals surface area (Å²) in [6.07, 6.45) is 0.111. The van der Waals surface area contributed by atoms with Gasteiger partial charge in [0.25, 0.3) is 0 Å². The number of rotatable bonds is 3. The lowest BCUT2D eigenvalue weighted by molar-refractivity contribution is -0.122. The lowest BCUT2D eigenvalue weighted by Gasteiger charge is -2.17. The molecule has 0 aliphatic carbocycles. The topological polar surface area (TPSA) is 49.4 Å². The van der Waals surface area contributed by atoms with E-state index in [9.17, 15) is 14.0 Å². The number of anilines is 2. The Morgan fingerprint density at radius 1 is 1.12 bits per heavy atom. The van der Waals surface area contributed by atoms with Crippen molar-refractivity contribution >= 4 is 55.0 Å². The highest BCUT2D eigenvalue weighted by Gasteiger charge is 2.35. The van der Waals surface area contributed by atoms with Crippen molar-refractivity contribution in [2.24, 2.45) is 5.92 Å². The molecule has 0 saturated carbocycles. The molecule has 1 aliphatic rings. The molecular formula is C17H13Br2FN2O2. The summed E-state index contributed by atoms with van der Waals surface area (Å²) < 4.78 is 15.3. The number of carbonyl (C=O) groups is 2. The highest BCUT2D eigenvalue weighted by atomic mass is 79.9. The summed E-state index contributed by atoms with van der Waals surface area (Å²) in [5.41, 5.74) is 0.853. The maximum absolute atomic E-state index is 13.8. The Morgan fingerprint density at radius 3 is 2.46 bits per heavy atom. The van der Waals surface area contributed by atoms with E-state index in [4.69, 9.17) is 0 Å². The van der Waals surface area contributed by atoms with Gasteiger partial charge in [-0.3, -0.25) is 9.59 Å². The van der Waals surface area contributed by atoms with Crippen LogP contribution in [-0.4, -0.2) is 18.4 Å². The fourth-order valence-corrected chi connectivity index (χ4v) is 3.18. The van der Waals surface area contributed by atoms with E-state index in [1.165, 1.54) is 12.1 Å². The minimum absolute atomic E-state index is 0.109. The molecule has 0 spiro atoms. The average molecular weight is 456 g/mol. The third kappa shape index (κ3) is 3.67. The van der Waals surface area contributed by atoms with Crippen molar-refractivity contribution in [3.63, 3.8) is 0 Å². The van der Waals surface area contributed by atoms with Gasteiger partial charge in [0.2, 0.25) is 11.8 Å². The Balaban J connectivity index is 1.70. The smallest absolute Gasteiger partial charge is 0.229 e. The first-order valence-corrected chi connectivity index (χ1v) is 8.84. The number of carbonyl (C=O) groups excluding carboxylic acids is 2. The fraction of sp³-hybridized carbons (Fsp3) is 0.176. The van der Waals surface area contributed by atoms with Crippen LogP contribution in [-0.2, 0) is 9.59 Å². The lowest BCUT2D eigenvalue weighted by Crippen LogP contribution is -2.28. The third-order valence-electron chi connectivity index (χ3n) is 3.82. The molecule has 1 heterocycles. The third-order valence-corrected chi connectivity index (χ3v) is 4.85. The minimum atomic E-state index is -0.521. The van der Waals surface area contributed by atoms with Crippen LogP contribution in [0, 0.1) is 11.7 Å². The average Bonchev–Trinajstić information content (AvgIpc) is 2.93. The molecule has 0 aromatic heterocycles. The number of halogens is 3. The second-order valence-corrected chi connectivity index (χ2v) is 7.33. The Kier molecular flexibility index (Phi) is 5.01. The molecule has 0 bridgehead atoms. The van der Waals surface area contributed by atoms with Gasteiger partial charge in [-0.1, -0.05) is 31.9 Å². The Hall–Kier alpha value is -1.73. The zero-order valence-corrected chi connectivity index (χ0v) is 15.6. The highest BCUT2D eigenvalue weighted by Crippen LogP contribution is 2.28. The van der Waals surface area contributed by atoms with Crippen molar-refractivity contribution < 1.29 is 14.0 Å². The van der Waals surface area contributed by atoms with Gasteiger partial charge in [0.15, 0.2) is 0 Å². The van der Waals surface area contributed by atoms with Crippen molar-refractivity contribution in [2.45, 2.75) is 6.42 Å². The van der Waals surface area contributed by atoms with Gasteiger partial charge in [0.1, 0.15) is 5.82 Å². The molecule has 7 heteroatoms. The maximum Gasteiger partial charge on any atom is 0.229 e. The standard InChI is InChI=1S/C17H13Br2FN2O2/c18-11-1-4-13(5-2-11)22-9-10(7-16(22)23)17(24)21-15-6-3-12(19)8-14(15)20/h1-6,8,10H,7,9H2,(H,21,24)/t10-/m0/s1. The first-order chi connectivity index (χ1) is 11.4. The summed E-state index contributed by atoms with van der Waals surface area (Å²) in [6.45, 7) is 0.282. The maximum atomic E-state index is 13.8. The van der Waals surface area contributed by atoms with Crippen LogP contribution >= 0.6 is 31.9 Å². The fourth-order valence-electron chi connectivity index (χ4n) is 2.58. The predicted molar refractivity (Wildman–Crippen MR) is 97.3 cm³/mol. The summed E-state index contributed by atoms with van der Waals surface area (Å²) in [5, 5.41) is 2.56. The van der Waals surface area contributed by atoms with Crippen molar-refractivity contribution in [3.8, 4) is 0 Å². The predicted octanol–water partition coefficient (Wildman–Crippen LogP) is 4.34. The molecule has 1 atom stereocenters. The van der Waals surface area contributed by atoms with Gasteiger partial charge in [0.05, 0.1) is 11.6 Å². The minimum Gasteiger partial charge on any atom is -0.323 e. The summed E-state index contributed by atoms with van der Waals surface area (Å²) in [4.78, 5) is 26.1. The molecule has 2 aromatic rings. The lowest BCUT2D eigenvalue weighted by atomic mass is 10.1. The van der Waals surface area contributed by atoms with Gasteiger partial charge in [-0.05, 0) is 42.5 Å². The normalized spacial score (nSPS) is 17.2. The van der Waals surface area contributed by atoms with Gasteiger partial charge in [-0.15, -0.1) is 0 Å². The number of benzene rings is 2. The van der Waals surface area contributed by atoms with E-state index >= 15 is 0 Å². The van der Waals surface area contributed by atoms with E-state index < -0.39 is 11.7 Å². The van der Waals surface area contributed by atoms with Crippen molar-refractivity contribution in [1.29, 1.82) is 0 Å². The first-order valence-electron chi connectivity index (χ1n) is 7.26. The second-order valence-electron chi connectivity index (χ2n) is 5.50. The van der Waals surface area contributed by atoms with Gasteiger partial charge in [0, 0.05) is 27.6 Å². The Bertz CT molecular complexity index is 796. The molecule has 0 radical (unpaired) electrons. The quantitative estimate of drug-likeness (QED) is 0.748. The molecule has 24 heavy (non-hydrogen) atoms. The van der Waals surface area contributed by atoms with Crippen molar-refractivity contribution in [3.05, 3.63) is 57.2 Å². The zero-order valence-electron chi connectivity index (χ0n) is 12.4. The van der Waals surface area contributed by atoms with E-state index in [0.29, 0.717) is 4.47 Å². The van der Waals surface area contributed by atoms with Crippen molar-refractivity contribution in [2.75, 3.05) is 16.8 Å². The summed E-state index contributed by atoms with van der Waals surface area (Å²) in [5.74, 6) is -1.51. The molecule has 1 aliphatic heterocycles. The molecule has 1 N–H and O–H groups in total. The molecular weight excluding hydrogens is 443 g/mol. The van der Waals surface area contributed by atoms with Crippen LogP contribution in [0.25, 0.3) is 0 Å². The van der Waals surface area contributed by atoms with Crippen LogP contribution in [0.1, 0.15) is 6.42 Å². The van der Waals surface area contributed by atoms with E-state index in [2.05, 4.69) is 37.2 Å². The van der Waals surface area contributed by atoms with Crippen LogP contribution in [0.15, 0.2) is 51.4 Å². The number of nitrogens with zero attached hydrogens (tertiary/aromatic N) is 1. The van der Waals surface area contributed by atoms with Gasteiger partial charge in [-0.2, -0.15) is 0 Å². The summed E-state index contributed by atoms with van der Waals surface area (Å²) in [6, 6.07) is 11.7. The van der Waals surface area contributed by atoms with Crippen LogP contribution in [0.2, 0.25) is 0 Å². The van der Waals surface area contributed by atoms with Gasteiger partial charge < -0.3 is 10.2 Å². The summed E-state index contributed by atoms with van der Waals surface area (Å²) in [7, 11) is 0. The number of amides is 2. The molecule has 2 amide bonds. The summed E-state index contributed by atoms with van der Waals surface area (Å²) >= 11 is 6.51. The number of nitrogens with one attached hydrogen (secondary N) is 1. The van der Waals surface area contributed by atoms with Gasteiger partial charge in [-0.25, -0.2) is 4.39 Å². The van der Waals surface area contributed by atoms with Crippen LogP contribution in [0.3, 0.4) is 0 Å². The largest absolute Gasteiger partial charge is 0.323 e. The van der Waals surface area contributed by atoms with Crippen molar-refractivity contribution in [1.82, 2.24) is 0 Å². The molecule has 3 rings (SSSR count). The van der Waals surface area contributed by atoms with Crippen LogP contribution in [0.5, 0.6) is 0 Å². The van der Waals surface area contributed by atoms with E-state index in [1.54, 1.807) is 11.0 Å². The molecule has 0 unspecified atom stereocenters. The monoisotopic (exact) mass is 454 g/mol. The van der Waals surface area contributed by atoms with Gasteiger partial charge >= 0.3 is 0 Å². The van der Waals surface area contributed by atoms with Crippen LogP contribution < -0.4 is 10.2 Å². The molecule has 1 fully saturated rings. The molecule has 124 valence electrons. The van der Waals surface area contributed by atoms with E-state index in [0.717, 1.165) is 10.2 Å².